The summed E-state index contributed by atoms with van der Waals surface area (Å²) < 4.78 is 0. The van der Waals surface area contributed by atoms with E-state index in [1.165, 1.54) is 0 Å². The molecule has 0 spiro atoms. The van der Waals surface area contributed by atoms with Crippen molar-refractivity contribution in [1.29, 1.82) is 0 Å². The lowest BCUT2D eigenvalue weighted by atomic mass is 10.2. The van der Waals surface area contributed by atoms with E-state index in [1.54, 1.807) is 18.1 Å². The van der Waals surface area contributed by atoms with Crippen molar-refractivity contribution in [2.75, 3.05) is 32.7 Å². The number of hydrogen-bond acceptors (Lipinski definition) is 3. The molecule has 0 unspecified atom stereocenters. The molecule has 1 N–H and O–H groups in total. The van der Waals surface area contributed by atoms with E-state index in [2.05, 4.69) is 10.2 Å². The number of hydrogen-bond donors (Lipinski definition) is 1. The molecule has 0 radical (unpaired) electrons. The van der Waals surface area contributed by atoms with Crippen molar-refractivity contribution in [1.82, 2.24) is 10.2 Å². The van der Waals surface area contributed by atoms with Gasteiger partial charge in [0.1, 0.15) is 5.78 Å². The SMILES string of the molecule is CC(=O)CCN1CC2=C(CNC2)C1. The second-order valence-electron chi connectivity index (χ2n) is 3.97. The molecule has 3 heteroatoms. The van der Waals surface area contributed by atoms with Gasteiger partial charge in [-0.15, -0.1) is 0 Å². The molecule has 2 heterocycles. The molecule has 2 rings (SSSR count). The van der Waals surface area contributed by atoms with Gasteiger partial charge in [-0.1, -0.05) is 0 Å². The van der Waals surface area contributed by atoms with E-state index in [-0.39, 0.29) is 0 Å². The van der Waals surface area contributed by atoms with Crippen molar-refractivity contribution in [2.45, 2.75) is 13.3 Å². The van der Waals surface area contributed by atoms with Crippen molar-refractivity contribution in [2.24, 2.45) is 0 Å². The minimum atomic E-state index is 0.296. The number of nitrogens with zero attached hydrogens (tertiary/aromatic N) is 1. The Morgan fingerprint density at radius 1 is 1.38 bits per heavy atom. The first-order valence-electron chi connectivity index (χ1n) is 4.88. The first kappa shape index (κ1) is 8.91. The molecule has 0 aromatic heterocycles. The van der Waals surface area contributed by atoms with Crippen LogP contribution in [0.3, 0.4) is 0 Å². The molecule has 13 heavy (non-hydrogen) atoms. The summed E-state index contributed by atoms with van der Waals surface area (Å²) in [7, 11) is 0. The summed E-state index contributed by atoms with van der Waals surface area (Å²) in [5, 5.41) is 3.34. The second-order valence-corrected chi connectivity index (χ2v) is 3.97. The Morgan fingerprint density at radius 3 is 2.54 bits per heavy atom. The molecule has 72 valence electrons. The van der Waals surface area contributed by atoms with Gasteiger partial charge in [-0.25, -0.2) is 0 Å². The minimum absolute atomic E-state index is 0.296. The monoisotopic (exact) mass is 180 g/mol. The zero-order chi connectivity index (χ0) is 9.26. The van der Waals surface area contributed by atoms with E-state index in [1.807, 2.05) is 0 Å². The van der Waals surface area contributed by atoms with Gasteiger partial charge in [0.15, 0.2) is 0 Å². The smallest absolute Gasteiger partial charge is 0.131 e. The number of Topliss-reactive ketones (excluding diaryl/α,β-unsaturated/α-hetero) is 1. The van der Waals surface area contributed by atoms with E-state index in [0.717, 1.165) is 32.7 Å². The number of carbonyl (C=O) groups excluding carboxylic acids is 1. The average molecular weight is 180 g/mol. The highest BCUT2D eigenvalue weighted by molar-refractivity contribution is 5.75. The van der Waals surface area contributed by atoms with E-state index >= 15 is 0 Å². The van der Waals surface area contributed by atoms with E-state index < -0.39 is 0 Å². The van der Waals surface area contributed by atoms with Gasteiger partial charge in [-0.2, -0.15) is 0 Å². The first-order chi connectivity index (χ1) is 6.25. The molecule has 3 nitrogen and oxygen atoms in total. The van der Waals surface area contributed by atoms with Crippen LogP contribution in [0, 0.1) is 0 Å². The third-order valence-corrected chi connectivity index (χ3v) is 2.79. The highest BCUT2D eigenvalue weighted by Crippen LogP contribution is 2.20. The quantitative estimate of drug-likeness (QED) is 0.629. The molecule has 0 saturated heterocycles. The fourth-order valence-corrected chi connectivity index (χ4v) is 2.02. The molecule has 0 aromatic rings. The lowest BCUT2D eigenvalue weighted by Gasteiger charge is -2.16. The molecule has 0 saturated carbocycles. The van der Waals surface area contributed by atoms with Crippen LogP contribution in [-0.4, -0.2) is 43.4 Å². The lowest BCUT2D eigenvalue weighted by molar-refractivity contribution is -0.117. The first-order valence-corrected chi connectivity index (χ1v) is 4.88. The zero-order valence-corrected chi connectivity index (χ0v) is 8.10. The van der Waals surface area contributed by atoms with Gasteiger partial charge in [0.25, 0.3) is 0 Å². The molecule has 2 aliphatic heterocycles. The van der Waals surface area contributed by atoms with E-state index in [4.69, 9.17) is 0 Å². The average Bonchev–Trinajstić information content (AvgIpc) is 2.58. The van der Waals surface area contributed by atoms with Gasteiger partial charge in [0, 0.05) is 39.1 Å². The van der Waals surface area contributed by atoms with E-state index in [0.29, 0.717) is 12.2 Å². The molecule has 0 fully saturated rings. The van der Waals surface area contributed by atoms with E-state index in [9.17, 15) is 4.79 Å². The molecule has 0 amide bonds. The van der Waals surface area contributed by atoms with Crippen LogP contribution in [-0.2, 0) is 4.79 Å². The van der Waals surface area contributed by atoms with Crippen molar-refractivity contribution >= 4 is 5.78 Å². The number of nitrogens with one attached hydrogen (secondary N) is 1. The van der Waals surface area contributed by atoms with Crippen LogP contribution in [0.2, 0.25) is 0 Å². The van der Waals surface area contributed by atoms with Gasteiger partial charge in [0.05, 0.1) is 0 Å². The summed E-state index contributed by atoms with van der Waals surface area (Å²) in [5.74, 6) is 0.296. The van der Waals surface area contributed by atoms with Crippen molar-refractivity contribution in [3.63, 3.8) is 0 Å². The minimum Gasteiger partial charge on any atom is -0.309 e. The topological polar surface area (TPSA) is 32.3 Å². The molecular formula is C10H16N2O. The molecule has 0 aliphatic carbocycles. The number of carbonyl (C=O) groups is 1. The predicted molar refractivity (Wildman–Crippen MR) is 51.6 cm³/mol. The van der Waals surface area contributed by atoms with Crippen molar-refractivity contribution in [3.8, 4) is 0 Å². The van der Waals surface area contributed by atoms with Crippen LogP contribution in [0.1, 0.15) is 13.3 Å². The molecule has 0 atom stereocenters. The molecule has 0 aromatic carbocycles. The zero-order valence-electron chi connectivity index (χ0n) is 8.10. The number of ketones is 1. The fourth-order valence-electron chi connectivity index (χ4n) is 2.02. The Balaban J connectivity index is 1.79. The van der Waals surface area contributed by atoms with Crippen LogP contribution >= 0.6 is 0 Å². The Labute approximate surface area is 78.8 Å². The van der Waals surface area contributed by atoms with Gasteiger partial charge >= 0.3 is 0 Å². The molecule has 0 bridgehead atoms. The van der Waals surface area contributed by atoms with Gasteiger partial charge in [-0.05, 0) is 18.1 Å². The summed E-state index contributed by atoms with van der Waals surface area (Å²) in [5.41, 5.74) is 3.12. The second kappa shape index (κ2) is 3.60. The van der Waals surface area contributed by atoms with Gasteiger partial charge in [-0.3, -0.25) is 9.69 Å². The van der Waals surface area contributed by atoms with Crippen LogP contribution < -0.4 is 5.32 Å². The molecule has 2 aliphatic rings. The predicted octanol–water partition coefficient (Wildman–Crippen LogP) is 0.181. The lowest BCUT2D eigenvalue weighted by Crippen LogP contribution is -2.28. The van der Waals surface area contributed by atoms with Crippen molar-refractivity contribution < 1.29 is 4.79 Å². The number of rotatable bonds is 3. The Hall–Kier alpha value is -0.670. The molecular weight excluding hydrogens is 164 g/mol. The maximum atomic E-state index is 10.8. The Bertz CT molecular complexity index is 242. The van der Waals surface area contributed by atoms with Crippen LogP contribution in [0.4, 0.5) is 0 Å². The maximum Gasteiger partial charge on any atom is 0.131 e. The summed E-state index contributed by atoms with van der Waals surface area (Å²) in [6.07, 6.45) is 0.702. The van der Waals surface area contributed by atoms with Crippen LogP contribution in [0.25, 0.3) is 0 Å². The van der Waals surface area contributed by atoms with Crippen LogP contribution in [0.15, 0.2) is 11.1 Å². The standard InChI is InChI=1S/C10H16N2O/c1-8(13)2-3-12-6-9-4-11-5-10(9)7-12/h11H,2-7H2,1H3. The van der Waals surface area contributed by atoms with Gasteiger partial charge in [0.2, 0.25) is 0 Å². The largest absolute Gasteiger partial charge is 0.309 e. The Kier molecular flexibility index (Phi) is 2.47. The highest BCUT2D eigenvalue weighted by atomic mass is 16.1. The maximum absolute atomic E-state index is 10.8. The summed E-state index contributed by atoms with van der Waals surface area (Å²) in [4.78, 5) is 13.2. The summed E-state index contributed by atoms with van der Waals surface area (Å²) in [6, 6.07) is 0. The Morgan fingerprint density at radius 2 is 2.00 bits per heavy atom. The van der Waals surface area contributed by atoms with Gasteiger partial charge < -0.3 is 5.32 Å². The third-order valence-electron chi connectivity index (χ3n) is 2.79. The summed E-state index contributed by atoms with van der Waals surface area (Å²) >= 11 is 0. The van der Waals surface area contributed by atoms with Crippen molar-refractivity contribution in [3.05, 3.63) is 11.1 Å². The third kappa shape index (κ3) is 1.98. The highest BCUT2D eigenvalue weighted by Gasteiger charge is 2.24. The summed E-state index contributed by atoms with van der Waals surface area (Å²) in [6.45, 7) is 6.88. The normalized spacial score (nSPS) is 22.5. The van der Waals surface area contributed by atoms with Crippen LogP contribution in [0.5, 0.6) is 0 Å². The fraction of sp³-hybridized carbons (Fsp3) is 0.700.